The second-order valence-corrected chi connectivity index (χ2v) is 6.90. The van der Waals surface area contributed by atoms with Crippen LogP contribution < -0.4 is 0 Å². The zero-order chi connectivity index (χ0) is 20.5. The van der Waals surface area contributed by atoms with Gasteiger partial charge in [-0.05, 0) is 49.6 Å². The van der Waals surface area contributed by atoms with Crippen molar-refractivity contribution in [1.29, 1.82) is 0 Å². The molecule has 6 heteroatoms. The average molecular weight is 405 g/mol. The molecule has 1 amide bonds. The SMILES string of the molecule is CC.CCOC(=O)C1CCN(C(=O)c2cccn2Cc2ccc(Cl)cc2)CC1. The lowest BCUT2D eigenvalue weighted by atomic mass is 9.97. The number of piperidine rings is 1. The highest BCUT2D eigenvalue weighted by atomic mass is 35.5. The summed E-state index contributed by atoms with van der Waals surface area (Å²) in [5, 5.41) is 0.696. The Hall–Kier alpha value is -2.27. The normalized spacial score (nSPS) is 14.2. The molecule has 2 heterocycles. The van der Waals surface area contributed by atoms with Gasteiger partial charge in [-0.1, -0.05) is 37.6 Å². The Labute approximate surface area is 172 Å². The van der Waals surface area contributed by atoms with Crippen LogP contribution in [0.4, 0.5) is 0 Å². The van der Waals surface area contributed by atoms with Crippen molar-refractivity contribution in [1.82, 2.24) is 9.47 Å². The predicted molar refractivity (Wildman–Crippen MR) is 112 cm³/mol. The number of hydrogen-bond donors (Lipinski definition) is 0. The summed E-state index contributed by atoms with van der Waals surface area (Å²) in [6.45, 7) is 7.98. The molecular weight excluding hydrogens is 376 g/mol. The second kappa shape index (κ2) is 10.9. The number of likely N-dealkylation sites (tertiary alicyclic amines) is 1. The zero-order valence-corrected chi connectivity index (χ0v) is 17.6. The van der Waals surface area contributed by atoms with Gasteiger partial charge >= 0.3 is 5.97 Å². The molecular formula is C22H29ClN2O3. The molecule has 0 aliphatic carbocycles. The van der Waals surface area contributed by atoms with E-state index in [0.29, 0.717) is 49.8 Å². The molecule has 0 spiro atoms. The van der Waals surface area contributed by atoms with E-state index in [9.17, 15) is 9.59 Å². The number of carbonyl (C=O) groups excluding carboxylic acids is 2. The third-order valence-electron chi connectivity index (χ3n) is 4.72. The molecule has 28 heavy (non-hydrogen) atoms. The standard InChI is InChI=1S/C20H23ClN2O3.C2H6/c1-2-26-20(25)16-9-12-22(13-10-16)19(24)18-4-3-11-23(18)14-15-5-7-17(21)8-6-15;1-2/h3-8,11,16H,2,9-10,12-14H2,1H3;1-2H3. The highest BCUT2D eigenvalue weighted by Crippen LogP contribution is 2.21. The number of amides is 1. The van der Waals surface area contributed by atoms with Crippen molar-refractivity contribution in [3.05, 3.63) is 58.9 Å². The van der Waals surface area contributed by atoms with Crippen molar-refractivity contribution >= 4 is 23.5 Å². The lowest BCUT2D eigenvalue weighted by Crippen LogP contribution is -2.41. The van der Waals surface area contributed by atoms with Gasteiger partial charge in [-0.25, -0.2) is 0 Å². The van der Waals surface area contributed by atoms with E-state index in [4.69, 9.17) is 16.3 Å². The number of benzene rings is 1. The molecule has 3 rings (SSSR count). The first kappa shape index (κ1) is 22.0. The van der Waals surface area contributed by atoms with Crippen LogP contribution in [0, 0.1) is 5.92 Å². The first-order valence-corrected chi connectivity index (χ1v) is 10.3. The Morgan fingerprint density at radius 2 is 1.75 bits per heavy atom. The van der Waals surface area contributed by atoms with E-state index in [2.05, 4.69) is 0 Å². The van der Waals surface area contributed by atoms with Crippen LogP contribution in [0.15, 0.2) is 42.6 Å². The van der Waals surface area contributed by atoms with Gasteiger partial charge in [0.1, 0.15) is 5.69 Å². The summed E-state index contributed by atoms with van der Waals surface area (Å²) in [6, 6.07) is 11.3. The Morgan fingerprint density at radius 3 is 2.36 bits per heavy atom. The van der Waals surface area contributed by atoms with Gasteiger partial charge in [-0.15, -0.1) is 0 Å². The molecule has 0 radical (unpaired) electrons. The van der Waals surface area contributed by atoms with Gasteiger partial charge in [0.15, 0.2) is 0 Å². The number of esters is 1. The van der Waals surface area contributed by atoms with Crippen LogP contribution in [-0.2, 0) is 16.1 Å². The predicted octanol–water partition coefficient (Wildman–Crippen LogP) is 4.63. The highest BCUT2D eigenvalue weighted by molar-refractivity contribution is 6.30. The van der Waals surface area contributed by atoms with Crippen molar-refractivity contribution in [3.63, 3.8) is 0 Å². The molecule has 1 aliphatic rings. The van der Waals surface area contributed by atoms with Gasteiger partial charge in [-0.2, -0.15) is 0 Å². The fourth-order valence-electron chi connectivity index (χ4n) is 3.27. The van der Waals surface area contributed by atoms with Gasteiger partial charge in [0.05, 0.1) is 12.5 Å². The average Bonchev–Trinajstić information content (AvgIpc) is 3.19. The third-order valence-corrected chi connectivity index (χ3v) is 4.97. The quantitative estimate of drug-likeness (QED) is 0.682. The number of hydrogen-bond acceptors (Lipinski definition) is 3. The Bertz CT molecular complexity index is 762. The van der Waals surface area contributed by atoms with E-state index < -0.39 is 0 Å². The molecule has 1 fully saturated rings. The molecule has 152 valence electrons. The molecule has 2 aromatic rings. The minimum Gasteiger partial charge on any atom is -0.466 e. The lowest BCUT2D eigenvalue weighted by Gasteiger charge is -2.31. The van der Waals surface area contributed by atoms with Crippen LogP contribution in [-0.4, -0.2) is 41.0 Å². The van der Waals surface area contributed by atoms with Gasteiger partial charge < -0.3 is 14.2 Å². The van der Waals surface area contributed by atoms with E-state index in [1.807, 2.05) is 72.8 Å². The smallest absolute Gasteiger partial charge is 0.309 e. The fraction of sp³-hybridized carbons (Fsp3) is 0.455. The molecule has 0 unspecified atom stereocenters. The summed E-state index contributed by atoms with van der Waals surface area (Å²) in [7, 11) is 0. The first-order chi connectivity index (χ1) is 13.6. The Morgan fingerprint density at radius 1 is 1.11 bits per heavy atom. The maximum atomic E-state index is 12.9. The van der Waals surface area contributed by atoms with Crippen LogP contribution in [0.5, 0.6) is 0 Å². The van der Waals surface area contributed by atoms with Gasteiger partial charge in [0.2, 0.25) is 0 Å². The van der Waals surface area contributed by atoms with Crippen LogP contribution in [0.1, 0.15) is 49.7 Å². The fourth-order valence-corrected chi connectivity index (χ4v) is 3.40. The molecule has 5 nitrogen and oxygen atoms in total. The van der Waals surface area contributed by atoms with E-state index in [1.54, 1.807) is 0 Å². The number of halogens is 1. The minimum absolute atomic E-state index is 0.00581. The van der Waals surface area contributed by atoms with Gasteiger partial charge in [0, 0.05) is 30.9 Å². The zero-order valence-electron chi connectivity index (χ0n) is 16.9. The summed E-state index contributed by atoms with van der Waals surface area (Å²) >= 11 is 5.93. The molecule has 0 atom stereocenters. The summed E-state index contributed by atoms with van der Waals surface area (Å²) in [6.07, 6.45) is 3.22. The largest absolute Gasteiger partial charge is 0.466 e. The first-order valence-electron chi connectivity index (χ1n) is 9.94. The summed E-state index contributed by atoms with van der Waals surface area (Å²) in [5.74, 6) is -0.239. The maximum absolute atomic E-state index is 12.9. The number of aromatic nitrogens is 1. The molecule has 0 bridgehead atoms. The van der Waals surface area contributed by atoms with Crippen LogP contribution >= 0.6 is 11.6 Å². The van der Waals surface area contributed by atoms with Gasteiger partial charge in [0.25, 0.3) is 5.91 Å². The van der Waals surface area contributed by atoms with Crippen LogP contribution in [0.2, 0.25) is 5.02 Å². The van der Waals surface area contributed by atoms with E-state index in [-0.39, 0.29) is 17.8 Å². The summed E-state index contributed by atoms with van der Waals surface area (Å²) < 4.78 is 7.03. The van der Waals surface area contributed by atoms with Crippen LogP contribution in [0.25, 0.3) is 0 Å². The van der Waals surface area contributed by atoms with Crippen molar-refractivity contribution in [2.24, 2.45) is 5.92 Å². The highest BCUT2D eigenvalue weighted by Gasteiger charge is 2.29. The van der Waals surface area contributed by atoms with E-state index in [0.717, 1.165) is 5.56 Å². The van der Waals surface area contributed by atoms with E-state index >= 15 is 0 Å². The topological polar surface area (TPSA) is 51.5 Å². The monoisotopic (exact) mass is 404 g/mol. The van der Waals surface area contributed by atoms with Gasteiger partial charge in [-0.3, -0.25) is 9.59 Å². The second-order valence-electron chi connectivity index (χ2n) is 6.47. The summed E-state index contributed by atoms with van der Waals surface area (Å²) in [5.41, 5.74) is 1.75. The lowest BCUT2D eigenvalue weighted by molar-refractivity contribution is -0.149. The molecule has 1 saturated heterocycles. The molecule has 0 N–H and O–H groups in total. The molecule has 1 aromatic heterocycles. The Balaban J connectivity index is 0.00000136. The van der Waals surface area contributed by atoms with Crippen molar-refractivity contribution in [2.45, 2.75) is 40.2 Å². The van der Waals surface area contributed by atoms with Crippen molar-refractivity contribution < 1.29 is 14.3 Å². The third kappa shape index (κ3) is 5.61. The number of carbonyl (C=O) groups is 2. The number of rotatable bonds is 5. The van der Waals surface area contributed by atoms with Crippen molar-refractivity contribution in [3.8, 4) is 0 Å². The number of ether oxygens (including phenoxy) is 1. The summed E-state index contributed by atoms with van der Waals surface area (Å²) in [4.78, 5) is 26.6. The molecule has 1 aliphatic heterocycles. The molecule has 1 aromatic carbocycles. The van der Waals surface area contributed by atoms with Crippen molar-refractivity contribution in [2.75, 3.05) is 19.7 Å². The molecule has 0 saturated carbocycles. The maximum Gasteiger partial charge on any atom is 0.309 e. The van der Waals surface area contributed by atoms with Crippen LogP contribution in [0.3, 0.4) is 0 Å². The minimum atomic E-state index is -0.147. The Kier molecular flexibility index (Phi) is 8.58. The van der Waals surface area contributed by atoms with E-state index in [1.165, 1.54) is 0 Å². The number of nitrogens with zero attached hydrogens (tertiary/aromatic N) is 2.